The summed E-state index contributed by atoms with van der Waals surface area (Å²) in [5, 5.41) is 7.33. The van der Waals surface area contributed by atoms with Gasteiger partial charge in [0, 0.05) is 37.1 Å². The second-order valence-corrected chi connectivity index (χ2v) is 5.47. The minimum absolute atomic E-state index is 0. The third-order valence-corrected chi connectivity index (χ3v) is 3.53. The predicted octanol–water partition coefficient (Wildman–Crippen LogP) is 3.57. The number of aliphatic imine (C=N–C) groups is 1. The van der Waals surface area contributed by atoms with E-state index in [9.17, 15) is 0 Å². The summed E-state index contributed by atoms with van der Waals surface area (Å²) in [5.74, 6) is 0.787. The van der Waals surface area contributed by atoms with Crippen molar-refractivity contribution in [3.8, 4) is 0 Å². The number of guanidine groups is 1. The zero-order valence-electron chi connectivity index (χ0n) is 13.3. The van der Waals surface area contributed by atoms with Crippen LogP contribution >= 0.6 is 35.6 Å². The molecule has 124 valence electrons. The predicted molar refractivity (Wildman–Crippen MR) is 108 cm³/mol. The number of halogens is 2. The SMILES string of the molecule is CN=C(NCCc1ccc(C)nc1)NCc1ccc(Cl)cc1.I. The molecule has 2 N–H and O–H groups in total. The summed E-state index contributed by atoms with van der Waals surface area (Å²) in [6, 6.07) is 11.9. The summed E-state index contributed by atoms with van der Waals surface area (Å²) in [6.07, 6.45) is 2.83. The van der Waals surface area contributed by atoms with Crippen molar-refractivity contribution < 1.29 is 0 Å². The molecular formula is C17H22ClIN4. The van der Waals surface area contributed by atoms with Crippen LogP contribution in [0.3, 0.4) is 0 Å². The number of nitrogens with one attached hydrogen (secondary N) is 2. The largest absolute Gasteiger partial charge is 0.356 e. The van der Waals surface area contributed by atoms with Gasteiger partial charge in [0.2, 0.25) is 0 Å². The van der Waals surface area contributed by atoms with Crippen molar-refractivity contribution >= 4 is 41.5 Å². The van der Waals surface area contributed by atoms with Crippen molar-refractivity contribution in [3.05, 3.63) is 64.4 Å². The highest BCUT2D eigenvalue weighted by Gasteiger charge is 1.99. The number of rotatable bonds is 5. The van der Waals surface area contributed by atoms with Crippen LogP contribution in [0.2, 0.25) is 5.02 Å². The van der Waals surface area contributed by atoms with Crippen LogP contribution in [0.4, 0.5) is 0 Å². The Morgan fingerprint density at radius 2 is 1.78 bits per heavy atom. The third kappa shape index (κ3) is 7.18. The van der Waals surface area contributed by atoms with Crippen LogP contribution in [0.5, 0.6) is 0 Å². The first-order valence-corrected chi connectivity index (χ1v) is 7.65. The van der Waals surface area contributed by atoms with Crippen molar-refractivity contribution in [1.82, 2.24) is 15.6 Å². The Balaban J connectivity index is 0.00000264. The molecule has 0 fully saturated rings. The molecule has 2 rings (SSSR count). The maximum Gasteiger partial charge on any atom is 0.191 e. The van der Waals surface area contributed by atoms with Crippen LogP contribution in [-0.2, 0) is 13.0 Å². The quantitative estimate of drug-likeness (QED) is 0.421. The van der Waals surface area contributed by atoms with Crippen LogP contribution in [0.25, 0.3) is 0 Å². The smallest absolute Gasteiger partial charge is 0.191 e. The molecule has 23 heavy (non-hydrogen) atoms. The molecule has 1 aromatic carbocycles. The average Bonchev–Trinajstić information content (AvgIpc) is 2.54. The Labute approximate surface area is 159 Å². The highest BCUT2D eigenvalue weighted by atomic mass is 127. The van der Waals surface area contributed by atoms with Crippen molar-refractivity contribution in [1.29, 1.82) is 0 Å². The van der Waals surface area contributed by atoms with E-state index in [0.717, 1.165) is 35.2 Å². The molecule has 0 atom stereocenters. The van der Waals surface area contributed by atoms with Gasteiger partial charge in [0.25, 0.3) is 0 Å². The van der Waals surface area contributed by atoms with E-state index in [1.807, 2.05) is 43.5 Å². The van der Waals surface area contributed by atoms with Gasteiger partial charge >= 0.3 is 0 Å². The zero-order chi connectivity index (χ0) is 15.8. The van der Waals surface area contributed by atoms with E-state index in [2.05, 4.69) is 26.7 Å². The normalized spacial score (nSPS) is 10.8. The molecule has 1 aromatic heterocycles. The minimum atomic E-state index is 0. The Bertz CT molecular complexity index is 611. The monoisotopic (exact) mass is 444 g/mol. The molecule has 0 aliphatic carbocycles. The van der Waals surface area contributed by atoms with Crippen molar-refractivity contribution in [3.63, 3.8) is 0 Å². The highest BCUT2D eigenvalue weighted by Crippen LogP contribution is 2.09. The molecule has 0 saturated carbocycles. The number of hydrogen-bond acceptors (Lipinski definition) is 2. The van der Waals surface area contributed by atoms with Crippen LogP contribution in [0.1, 0.15) is 16.8 Å². The Morgan fingerprint density at radius 3 is 2.39 bits per heavy atom. The van der Waals surface area contributed by atoms with Crippen LogP contribution in [0.15, 0.2) is 47.6 Å². The van der Waals surface area contributed by atoms with Crippen molar-refractivity contribution in [2.45, 2.75) is 19.9 Å². The van der Waals surface area contributed by atoms with Gasteiger partial charge in [-0.15, -0.1) is 24.0 Å². The van der Waals surface area contributed by atoms with E-state index in [-0.39, 0.29) is 24.0 Å². The summed E-state index contributed by atoms with van der Waals surface area (Å²) in [5.41, 5.74) is 3.42. The number of pyridine rings is 1. The van der Waals surface area contributed by atoms with E-state index < -0.39 is 0 Å². The van der Waals surface area contributed by atoms with E-state index in [1.54, 1.807) is 7.05 Å². The fraction of sp³-hybridized carbons (Fsp3) is 0.294. The van der Waals surface area contributed by atoms with Gasteiger partial charge in [0.15, 0.2) is 5.96 Å². The molecular weight excluding hydrogens is 423 g/mol. The topological polar surface area (TPSA) is 49.3 Å². The summed E-state index contributed by atoms with van der Waals surface area (Å²) in [7, 11) is 1.77. The first kappa shape index (κ1) is 19.7. The van der Waals surface area contributed by atoms with E-state index in [4.69, 9.17) is 11.6 Å². The van der Waals surface area contributed by atoms with E-state index in [1.165, 1.54) is 5.56 Å². The standard InChI is InChI=1S/C17H21ClN4.HI/c1-13-3-4-15(11-21-13)9-10-20-17(19-2)22-12-14-5-7-16(18)8-6-14;/h3-8,11H,9-10,12H2,1-2H3,(H2,19,20,22);1H. The Kier molecular flexibility index (Phi) is 8.94. The van der Waals surface area contributed by atoms with Gasteiger partial charge in [-0.3, -0.25) is 9.98 Å². The lowest BCUT2D eigenvalue weighted by Gasteiger charge is -2.12. The summed E-state index contributed by atoms with van der Waals surface area (Å²) >= 11 is 5.88. The van der Waals surface area contributed by atoms with E-state index >= 15 is 0 Å². The molecule has 0 amide bonds. The number of hydrogen-bond donors (Lipinski definition) is 2. The minimum Gasteiger partial charge on any atom is -0.356 e. The maximum atomic E-state index is 5.88. The van der Waals surface area contributed by atoms with Crippen molar-refractivity contribution in [2.75, 3.05) is 13.6 Å². The first-order valence-electron chi connectivity index (χ1n) is 7.28. The maximum absolute atomic E-state index is 5.88. The molecule has 0 saturated heterocycles. The third-order valence-electron chi connectivity index (χ3n) is 3.28. The van der Waals surface area contributed by atoms with Crippen LogP contribution < -0.4 is 10.6 Å². The van der Waals surface area contributed by atoms with E-state index in [0.29, 0.717) is 6.54 Å². The molecule has 0 radical (unpaired) electrons. The number of aryl methyl sites for hydroxylation is 1. The molecule has 0 unspecified atom stereocenters. The highest BCUT2D eigenvalue weighted by molar-refractivity contribution is 14.0. The summed E-state index contributed by atoms with van der Waals surface area (Å²) in [6.45, 7) is 3.51. The van der Waals surface area contributed by atoms with Gasteiger partial charge in [-0.05, 0) is 42.7 Å². The number of aromatic nitrogens is 1. The lowest BCUT2D eigenvalue weighted by molar-refractivity contribution is 0.792. The molecule has 0 aliphatic rings. The number of benzene rings is 1. The lowest BCUT2D eigenvalue weighted by atomic mass is 10.2. The van der Waals surface area contributed by atoms with Gasteiger partial charge in [0.05, 0.1) is 0 Å². The molecule has 0 aliphatic heterocycles. The number of nitrogens with zero attached hydrogens (tertiary/aromatic N) is 2. The lowest BCUT2D eigenvalue weighted by Crippen LogP contribution is -2.37. The zero-order valence-corrected chi connectivity index (χ0v) is 16.4. The Hall–Kier alpha value is -1.34. The molecule has 1 heterocycles. The van der Waals surface area contributed by atoms with Gasteiger partial charge in [-0.1, -0.05) is 29.8 Å². The van der Waals surface area contributed by atoms with Gasteiger partial charge in [-0.2, -0.15) is 0 Å². The fourth-order valence-electron chi connectivity index (χ4n) is 1.98. The first-order chi connectivity index (χ1) is 10.7. The fourth-order valence-corrected chi connectivity index (χ4v) is 2.11. The molecule has 6 heteroatoms. The van der Waals surface area contributed by atoms with Crippen molar-refractivity contribution in [2.24, 2.45) is 4.99 Å². The molecule has 0 spiro atoms. The van der Waals surface area contributed by atoms with Gasteiger partial charge < -0.3 is 10.6 Å². The van der Waals surface area contributed by atoms with Gasteiger partial charge in [-0.25, -0.2) is 0 Å². The summed E-state index contributed by atoms with van der Waals surface area (Å²) < 4.78 is 0. The van der Waals surface area contributed by atoms with Gasteiger partial charge in [0.1, 0.15) is 0 Å². The average molecular weight is 445 g/mol. The second kappa shape index (κ2) is 10.4. The molecule has 4 nitrogen and oxygen atoms in total. The van der Waals surface area contributed by atoms with Crippen LogP contribution in [-0.4, -0.2) is 24.5 Å². The summed E-state index contributed by atoms with van der Waals surface area (Å²) in [4.78, 5) is 8.51. The molecule has 2 aromatic rings. The second-order valence-electron chi connectivity index (χ2n) is 5.04. The molecule has 0 bridgehead atoms. The Morgan fingerprint density at radius 1 is 1.09 bits per heavy atom. The van der Waals surface area contributed by atoms with Crippen LogP contribution in [0, 0.1) is 6.92 Å².